The number of ether oxygens (including phenoxy) is 1. The van der Waals surface area contributed by atoms with E-state index in [1.54, 1.807) is 36.3 Å². The summed E-state index contributed by atoms with van der Waals surface area (Å²) in [6.07, 6.45) is 1.68. The maximum atomic E-state index is 12.6. The van der Waals surface area contributed by atoms with Crippen LogP contribution in [0.4, 0.5) is 0 Å². The largest absolute Gasteiger partial charge is 0.497 e. The Hall–Kier alpha value is -2.59. The molecule has 7 nitrogen and oxygen atoms in total. The highest BCUT2D eigenvalue weighted by Gasteiger charge is 2.56. The Labute approximate surface area is 158 Å². The minimum atomic E-state index is -0.268. The average molecular weight is 368 g/mol. The molecule has 3 aliphatic rings. The molecule has 3 fully saturated rings. The van der Waals surface area contributed by atoms with Crippen LogP contribution in [0.3, 0.4) is 0 Å². The summed E-state index contributed by atoms with van der Waals surface area (Å²) in [5.74, 6) is 1.64. The standard InChI is InChI=1S/C20H24N4O3/c1-27-15-6-4-13(5-7-15)20(26)23-11-16-17(12-23)19(16)22-10-18(25)24-8-2-3-14(24)9-21/h4-7,14,16-17,19,22H,2-3,8,10-12H2,1H3. The summed E-state index contributed by atoms with van der Waals surface area (Å²) in [5, 5.41) is 12.4. The van der Waals surface area contributed by atoms with E-state index in [1.165, 1.54) is 0 Å². The molecule has 0 bridgehead atoms. The normalized spacial score (nSPS) is 28.6. The van der Waals surface area contributed by atoms with Crippen molar-refractivity contribution in [2.75, 3.05) is 33.3 Å². The van der Waals surface area contributed by atoms with E-state index in [0.29, 0.717) is 30.0 Å². The SMILES string of the molecule is COc1ccc(C(=O)N2CC3C(C2)C3NCC(=O)N2CCCC2C#N)cc1. The first-order valence-corrected chi connectivity index (χ1v) is 9.48. The van der Waals surface area contributed by atoms with Crippen LogP contribution in [-0.2, 0) is 4.79 Å². The number of rotatable bonds is 5. The van der Waals surface area contributed by atoms with Crippen LogP contribution in [0.1, 0.15) is 23.2 Å². The number of nitrogens with zero attached hydrogens (tertiary/aromatic N) is 3. The van der Waals surface area contributed by atoms with Crippen LogP contribution in [0.15, 0.2) is 24.3 Å². The van der Waals surface area contributed by atoms with Gasteiger partial charge in [0.2, 0.25) is 5.91 Å². The van der Waals surface area contributed by atoms with Gasteiger partial charge in [0, 0.05) is 31.2 Å². The molecule has 2 amide bonds. The number of carbonyl (C=O) groups excluding carboxylic acids is 2. The van der Waals surface area contributed by atoms with Gasteiger partial charge in [-0.2, -0.15) is 5.26 Å². The highest BCUT2D eigenvalue weighted by Crippen LogP contribution is 2.45. The van der Waals surface area contributed by atoms with Crippen molar-refractivity contribution in [1.29, 1.82) is 5.26 Å². The van der Waals surface area contributed by atoms with Crippen molar-refractivity contribution in [3.63, 3.8) is 0 Å². The summed E-state index contributed by atoms with van der Waals surface area (Å²) in [4.78, 5) is 28.5. The minimum absolute atomic E-state index is 0.00943. The zero-order valence-corrected chi connectivity index (χ0v) is 15.4. The third-order valence-electron chi connectivity index (χ3n) is 6.03. The first-order valence-electron chi connectivity index (χ1n) is 9.48. The van der Waals surface area contributed by atoms with Crippen molar-refractivity contribution in [2.24, 2.45) is 11.8 Å². The summed E-state index contributed by atoms with van der Waals surface area (Å²) in [6.45, 7) is 2.42. The molecule has 0 radical (unpaired) electrons. The Morgan fingerprint density at radius 1 is 1.26 bits per heavy atom. The number of carbonyl (C=O) groups is 2. The van der Waals surface area contributed by atoms with Gasteiger partial charge in [-0.1, -0.05) is 0 Å². The van der Waals surface area contributed by atoms with E-state index in [0.717, 1.165) is 31.7 Å². The molecular formula is C20H24N4O3. The number of hydrogen-bond acceptors (Lipinski definition) is 5. The van der Waals surface area contributed by atoms with Crippen molar-refractivity contribution >= 4 is 11.8 Å². The van der Waals surface area contributed by atoms with Crippen LogP contribution in [0.5, 0.6) is 5.75 Å². The van der Waals surface area contributed by atoms with E-state index in [4.69, 9.17) is 10.00 Å². The van der Waals surface area contributed by atoms with Gasteiger partial charge in [0.1, 0.15) is 11.8 Å². The quantitative estimate of drug-likeness (QED) is 0.834. The first-order chi connectivity index (χ1) is 13.1. The van der Waals surface area contributed by atoms with Gasteiger partial charge in [-0.15, -0.1) is 0 Å². The lowest BCUT2D eigenvalue weighted by molar-refractivity contribution is -0.130. The predicted octanol–water partition coefficient (Wildman–Crippen LogP) is 0.870. The number of hydrogen-bond donors (Lipinski definition) is 1. The van der Waals surface area contributed by atoms with Crippen LogP contribution in [0, 0.1) is 23.2 Å². The molecule has 2 aliphatic heterocycles. The van der Waals surface area contributed by atoms with Gasteiger partial charge >= 0.3 is 0 Å². The molecule has 7 heteroatoms. The molecular weight excluding hydrogens is 344 g/mol. The molecule has 4 rings (SSSR count). The predicted molar refractivity (Wildman–Crippen MR) is 98.0 cm³/mol. The molecule has 2 saturated heterocycles. The maximum absolute atomic E-state index is 12.6. The van der Waals surface area contributed by atoms with Crippen molar-refractivity contribution in [2.45, 2.75) is 24.9 Å². The first kappa shape index (κ1) is 17.8. The lowest BCUT2D eigenvalue weighted by Gasteiger charge is -2.22. The van der Waals surface area contributed by atoms with Crippen LogP contribution in [0.25, 0.3) is 0 Å². The Kier molecular flexibility index (Phi) is 4.75. The van der Waals surface area contributed by atoms with E-state index in [1.807, 2.05) is 4.90 Å². The highest BCUT2D eigenvalue weighted by atomic mass is 16.5. The second-order valence-corrected chi connectivity index (χ2v) is 7.55. The number of nitriles is 1. The van der Waals surface area contributed by atoms with E-state index in [9.17, 15) is 9.59 Å². The Bertz CT molecular complexity index is 760. The number of nitrogens with one attached hydrogen (secondary N) is 1. The maximum Gasteiger partial charge on any atom is 0.253 e. The van der Waals surface area contributed by atoms with Gasteiger partial charge in [0.05, 0.1) is 19.7 Å². The van der Waals surface area contributed by atoms with Crippen molar-refractivity contribution in [3.8, 4) is 11.8 Å². The van der Waals surface area contributed by atoms with Gasteiger partial charge in [-0.05, 0) is 48.9 Å². The van der Waals surface area contributed by atoms with Crippen molar-refractivity contribution in [1.82, 2.24) is 15.1 Å². The lowest BCUT2D eigenvalue weighted by Crippen LogP contribution is -2.43. The Balaban J connectivity index is 1.24. The molecule has 1 aromatic rings. The van der Waals surface area contributed by atoms with Crippen LogP contribution in [-0.4, -0.2) is 67.0 Å². The molecule has 27 heavy (non-hydrogen) atoms. The second kappa shape index (κ2) is 7.20. The summed E-state index contributed by atoms with van der Waals surface area (Å²) >= 11 is 0. The van der Waals surface area contributed by atoms with Crippen LogP contribution in [0.2, 0.25) is 0 Å². The molecule has 2 heterocycles. The summed E-state index contributed by atoms with van der Waals surface area (Å²) in [7, 11) is 1.60. The van der Waals surface area contributed by atoms with Crippen LogP contribution >= 0.6 is 0 Å². The average Bonchev–Trinajstić information content (AvgIpc) is 3.09. The number of likely N-dealkylation sites (tertiary alicyclic amines) is 2. The number of amides is 2. The molecule has 3 atom stereocenters. The molecule has 0 spiro atoms. The fourth-order valence-electron chi connectivity index (χ4n) is 4.42. The zero-order chi connectivity index (χ0) is 19.0. The Morgan fingerprint density at radius 3 is 2.59 bits per heavy atom. The minimum Gasteiger partial charge on any atom is -0.497 e. The van der Waals surface area contributed by atoms with Gasteiger partial charge in [-0.25, -0.2) is 0 Å². The molecule has 0 aromatic heterocycles. The molecule has 1 aromatic carbocycles. The van der Waals surface area contributed by atoms with E-state index >= 15 is 0 Å². The van der Waals surface area contributed by atoms with Crippen molar-refractivity contribution in [3.05, 3.63) is 29.8 Å². The fraction of sp³-hybridized carbons (Fsp3) is 0.550. The molecule has 142 valence electrons. The number of fused-ring (bicyclic) bond motifs is 1. The Morgan fingerprint density at radius 2 is 1.96 bits per heavy atom. The van der Waals surface area contributed by atoms with Crippen molar-refractivity contribution < 1.29 is 14.3 Å². The molecule has 3 unspecified atom stereocenters. The van der Waals surface area contributed by atoms with Gasteiger partial charge in [0.15, 0.2) is 0 Å². The molecule has 1 N–H and O–H groups in total. The molecule has 1 saturated carbocycles. The smallest absolute Gasteiger partial charge is 0.253 e. The number of methoxy groups -OCH3 is 1. The van der Waals surface area contributed by atoms with E-state index in [-0.39, 0.29) is 24.4 Å². The fourth-order valence-corrected chi connectivity index (χ4v) is 4.42. The van der Waals surface area contributed by atoms with E-state index < -0.39 is 0 Å². The third kappa shape index (κ3) is 3.37. The van der Waals surface area contributed by atoms with Gasteiger partial charge < -0.3 is 19.9 Å². The highest BCUT2D eigenvalue weighted by molar-refractivity contribution is 5.94. The lowest BCUT2D eigenvalue weighted by atomic mass is 10.2. The summed E-state index contributed by atoms with van der Waals surface area (Å²) < 4.78 is 5.13. The second-order valence-electron chi connectivity index (χ2n) is 7.55. The van der Waals surface area contributed by atoms with Crippen LogP contribution < -0.4 is 10.1 Å². The van der Waals surface area contributed by atoms with Gasteiger partial charge in [0.25, 0.3) is 5.91 Å². The summed E-state index contributed by atoms with van der Waals surface area (Å²) in [5.41, 5.74) is 0.674. The zero-order valence-electron chi connectivity index (χ0n) is 15.4. The van der Waals surface area contributed by atoms with E-state index in [2.05, 4.69) is 11.4 Å². The third-order valence-corrected chi connectivity index (χ3v) is 6.03. The number of benzene rings is 1. The van der Waals surface area contributed by atoms with Gasteiger partial charge in [-0.3, -0.25) is 9.59 Å². The monoisotopic (exact) mass is 368 g/mol. The number of piperidine rings is 1. The molecule has 1 aliphatic carbocycles. The summed E-state index contributed by atoms with van der Waals surface area (Å²) in [6, 6.07) is 9.42. The topological polar surface area (TPSA) is 85.7 Å².